The van der Waals surface area contributed by atoms with Crippen LogP contribution >= 0.6 is 0 Å². The number of aliphatic hydroxyl groups excluding tert-OH is 1. The normalized spacial score (nSPS) is 14.1. The lowest BCUT2D eigenvalue weighted by Crippen LogP contribution is -2.36. The van der Waals surface area contributed by atoms with Crippen molar-refractivity contribution >= 4 is 5.97 Å². The van der Waals surface area contributed by atoms with Crippen LogP contribution in [-0.4, -0.2) is 35.9 Å². The fourth-order valence-corrected chi connectivity index (χ4v) is 1.97. The largest absolute Gasteiger partial charge is 0.496 e. The first-order chi connectivity index (χ1) is 9.36. The molecule has 0 saturated heterocycles. The Morgan fingerprint density at radius 2 is 2.00 bits per heavy atom. The van der Waals surface area contributed by atoms with Crippen molar-refractivity contribution in [2.45, 2.75) is 38.8 Å². The molecule has 0 bridgehead atoms. The van der Waals surface area contributed by atoms with Crippen LogP contribution in [0.1, 0.15) is 43.9 Å². The van der Waals surface area contributed by atoms with Crippen LogP contribution in [-0.2, 0) is 4.79 Å². The fourth-order valence-electron chi connectivity index (χ4n) is 1.97. The highest BCUT2D eigenvalue weighted by Crippen LogP contribution is 2.30. The molecule has 20 heavy (non-hydrogen) atoms. The monoisotopic (exact) mass is 281 g/mol. The molecule has 0 heterocycles. The van der Waals surface area contributed by atoms with Crippen molar-refractivity contribution < 1.29 is 19.7 Å². The van der Waals surface area contributed by atoms with Crippen LogP contribution in [0.5, 0.6) is 5.75 Å². The third-order valence-corrected chi connectivity index (χ3v) is 3.29. The molecule has 0 radical (unpaired) electrons. The minimum Gasteiger partial charge on any atom is -0.496 e. The standard InChI is InChI=1S/C15H23NO4/c1-9(2)11-5-6-13(20-4)12(7-11)15(19)10(3)16-8-14(17)18/h5-7,9-10,15-16,19H,8H2,1-4H3,(H,17,18). The highest BCUT2D eigenvalue weighted by Gasteiger charge is 2.21. The summed E-state index contributed by atoms with van der Waals surface area (Å²) in [5.41, 5.74) is 1.77. The summed E-state index contributed by atoms with van der Waals surface area (Å²) in [5, 5.41) is 21.8. The zero-order chi connectivity index (χ0) is 15.3. The summed E-state index contributed by atoms with van der Waals surface area (Å²) >= 11 is 0. The Kier molecular flexibility index (Phi) is 5.98. The molecule has 0 saturated carbocycles. The molecule has 0 aromatic heterocycles. The van der Waals surface area contributed by atoms with E-state index in [1.165, 1.54) is 0 Å². The topological polar surface area (TPSA) is 78.8 Å². The number of rotatable bonds is 7. The van der Waals surface area contributed by atoms with E-state index in [1.807, 2.05) is 18.2 Å². The minimum absolute atomic E-state index is 0.190. The zero-order valence-electron chi connectivity index (χ0n) is 12.4. The molecule has 1 rings (SSSR count). The minimum atomic E-state index is -0.952. The molecule has 5 heteroatoms. The maximum absolute atomic E-state index is 10.6. The van der Waals surface area contributed by atoms with E-state index in [0.717, 1.165) is 5.56 Å². The second-order valence-electron chi connectivity index (χ2n) is 5.16. The number of hydrogen-bond donors (Lipinski definition) is 3. The molecule has 2 atom stereocenters. The molecule has 2 unspecified atom stereocenters. The molecule has 5 nitrogen and oxygen atoms in total. The lowest BCUT2D eigenvalue weighted by atomic mass is 9.95. The van der Waals surface area contributed by atoms with Gasteiger partial charge < -0.3 is 20.3 Å². The van der Waals surface area contributed by atoms with E-state index in [2.05, 4.69) is 19.2 Å². The SMILES string of the molecule is COc1ccc(C(C)C)cc1C(O)C(C)NCC(=O)O. The van der Waals surface area contributed by atoms with Crippen LogP contribution in [0, 0.1) is 0 Å². The number of benzene rings is 1. The third-order valence-electron chi connectivity index (χ3n) is 3.29. The number of nitrogens with one attached hydrogen (secondary N) is 1. The number of carboxylic acid groups (broad SMARTS) is 1. The van der Waals surface area contributed by atoms with E-state index in [4.69, 9.17) is 9.84 Å². The Balaban J connectivity index is 2.96. The van der Waals surface area contributed by atoms with Crippen molar-refractivity contribution in [2.24, 2.45) is 0 Å². The summed E-state index contributed by atoms with van der Waals surface area (Å²) in [6.45, 7) is 5.70. The van der Waals surface area contributed by atoms with Gasteiger partial charge in [0.2, 0.25) is 0 Å². The van der Waals surface area contributed by atoms with E-state index < -0.39 is 12.1 Å². The maximum Gasteiger partial charge on any atom is 0.317 e. The first kappa shape index (κ1) is 16.5. The number of aliphatic hydroxyl groups is 1. The second-order valence-corrected chi connectivity index (χ2v) is 5.16. The molecule has 0 aliphatic carbocycles. The summed E-state index contributed by atoms with van der Waals surface area (Å²) in [5.74, 6) is -0.00744. The van der Waals surface area contributed by atoms with Crippen LogP contribution in [0.3, 0.4) is 0 Å². The van der Waals surface area contributed by atoms with Gasteiger partial charge in [-0.15, -0.1) is 0 Å². The third kappa shape index (κ3) is 4.21. The molecule has 0 aliphatic heterocycles. The predicted octanol–water partition coefficient (Wildman–Crippen LogP) is 1.91. The van der Waals surface area contributed by atoms with Gasteiger partial charge in [-0.2, -0.15) is 0 Å². The van der Waals surface area contributed by atoms with Crippen LogP contribution in [0.2, 0.25) is 0 Å². The fraction of sp³-hybridized carbons (Fsp3) is 0.533. The molecule has 0 aliphatic rings. The van der Waals surface area contributed by atoms with Crippen molar-refractivity contribution in [1.82, 2.24) is 5.32 Å². The van der Waals surface area contributed by atoms with E-state index >= 15 is 0 Å². The molecule has 0 spiro atoms. The molecule has 1 aromatic carbocycles. The van der Waals surface area contributed by atoms with Gasteiger partial charge in [0.05, 0.1) is 19.8 Å². The first-order valence-corrected chi connectivity index (χ1v) is 6.67. The van der Waals surface area contributed by atoms with Gasteiger partial charge >= 0.3 is 5.97 Å². The molecular formula is C15H23NO4. The smallest absolute Gasteiger partial charge is 0.317 e. The number of ether oxygens (including phenoxy) is 1. The molecule has 112 valence electrons. The first-order valence-electron chi connectivity index (χ1n) is 6.67. The van der Waals surface area contributed by atoms with Crippen LogP contribution in [0.15, 0.2) is 18.2 Å². The Morgan fingerprint density at radius 3 is 2.50 bits per heavy atom. The number of hydrogen-bond acceptors (Lipinski definition) is 4. The molecule has 0 fully saturated rings. The van der Waals surface area contributed by atoms with Gasteiger partial charge in [-0.3, -0.25) is 4.79 Å². The summed E-state index contributed by atoms with van der Waals surface area (Å²) in [7, 11) is 1.55. The Labute approximate surface area is 119 Å². The average molecular weight is 281 g/mol. The van der Waals surface area contributed by atoms with Gasteiger partial charge in [-0.1, -0.05) is 19.9 Å². The van der Waals surface area contributed by atoms with E-state index in [0.29, 0.717) is 17.2 Å². The predicted molar refractivity (Wildman–Crippen MR) is 77.1 cm³/mol. The lowest BCUT2D eigenvalue weighted by molar-refractivity contribution is -0.136. The summed E-state index contributed by atoms with van der Waals surface area (Å²) in [4.78, 5) is 10.6. The highest BCUT2D eigenvalue weighted by molar-refractivity contribution is 5.69. The summed E-state index contributed by atoms with van der Waals surface area (Å²) in [6.07, 6.45) is -0.831. The zero-order valence-corrected chi connectivity index (χ0v) is 12.4. The second kappa shape index (κ2) is 7.26. The van der Waals surface area contributed by atoms with Crippen molar-refractivity contribution in [3.8, 4) is 5.75 Å². The number of carboxylic acids is 1. The van der Waals surface area contributed by atoms with Crippen molar-refractivity contribution in [2.75, 3.05) is 13.7 Å². The molecule has 1 aromatic rings. The average Bonchev–Trinajstić information content (AvgIpc) is 2.42. The maximum atomic E-state index is 10.6. The molecule has 0 amide bonds. The Hall–Kier alpha value is -1.59. The van der Waals surface area contributed by atoms with Gasteiger partial charge in [0.1, 0.15) is 5.75 Å². The van der Waals surface area contributed by atoms with E-state index in [-0.39, 0.29) is 12.6 Å². The number of methoxy groups -OCH3 is 1. The Morgan fingerprint density at radius 1 is 1.35 bits per heavy atom. The molecular weight excluding hydrogens is 258 g/mol. The van der Waals surface area contributed by atoms with Crippen LogP contribution < -0.4 is 10.1 Å². The summed E-state index contributed by atoms with van der Waals surface area (Å²) in [6, 6.07) is 5.32. The highest BCUT2D eigenvalue weighted by atomic mass is 16.5. The van der Waals surface area contributed by atoms with Crippen LogP contribution in [0.4, 0.5) is 0 Å². The van der Waals surface area contributed by atoms with E-state index in [1.54, 1.807) is 14.0 Å². The van der Waals surface area contributed by atoms with Gasteiger partial charge in [-0.05, 0) is 30.5 Å². The van der Waals surface area contributed by atoms with Crippen molar-refractivity contribution in [3.63, 3.8) is 0 Å². The van der Waals surface area contributed by atoms with Gasteiger partial charge in [0.15, 0.2) is 0 Å². The van der Waals surface area contributed by atoms with Gasteiger partial charge in [-0.25, -0.2) is 0 Å². The lowest BCUT2D eigenvalue weighted by Gasteiger charge is -2.23. The summed E-state index contributed by atoms with van der Waals surface area (Å²) < 4.78 is 5.27. The quantitative estimate of drug-likeness (QED) is 0.711. The van der Waals surface area contributed by atoms with Gasteiger partial charge in [0.25, 0.3) is 0 Å². The van der Waals surface area contributed by atoms with Crippen molar-refractivity contribution in [1.29, 1.82) is 0 Å². The van der Waals surface area contributed by atoms with Gasteiger partial charge in [0, 0.05) is 11.6 Å². The number of carbonyl (C=O) groups is 1. The number of aliphatic carboxylic acids is 1. The molecule has 3 N–H and O–H groups in total. The van der Waals surface area contributed by atoms with Crippen molar-refractivity contribution in [3.05, 3.63) is 29.3 Å². The van der Waals surface area contributed by atoms with Crippen LogP contribution in [0.25, 0.3) is 0 Å². The van der Waals surface area contributed by atoms with E-state index in [9.17, 15) is 9.90 Å². The Bertz CT molecular complexity index is 459.